The average molecular weight is 250 g/mol. The lowest BCUT2D eigenvalue weighted by atomic mass is 10.1. The predicted octanol–water partition coefficient (Wildman–Crippen LogP) is 0.948. The van der Waals surface area contributed by atoms with Crippen LogP contribution in [0, 0.1) is 0 Å². The Morgan fingerprint density at radius 3 is 3.17 bits per heavy atom. The number of hydrogen-bond acceptors (Lipinski definition) is 4. The summed E-state index contributed by atoms with van der Waals surface area (Å²) in [5.41, 5.74) is 1.08. The number of rotatable bonds is 4. The molecule has 0 spiro atoms. The molecule has 0 aliphatic carbocycles. The third-order valence-electron chi connectivity index (χ3n) is 3.09. The number of nitrogens with zero attached hydrogens (tertiary/aromatic N) is 1. The molecule has 2 N–H and O–H groups in total. The highest BCUT2D eigenvalue weighted by atomic mass is 16.5. The highest BCUT2D eigenvalue weighted by Gasteiger charge is 2.21. The lowest BCUT2D eigenvalue weighted by molar-refractivity contribution is -0.137. The number of carboxylic acid groups (broad SMARTS) is 1. The molecule has 1 atom stereocenters. The molecular weight excluding hydrogens is 232 g/mol. The molecular formula is C13H18N2O3. The first-order chi connectivity index (χ1) is 8.69. The fraction of sp³-hybridized carbons (Fsp3) is 0.462. The van der Waals surface area contributed by atoms with E-state index in [0.717, 1.165) is 24.5 Å². The van der Waals surface area contributed by atoms with Gasteiger partial charge in [-0.15, -0.1) is 0 Å². The molecule has 2 rings (SSSR count). The van der Waals surface area contributed by atoms with Crippen LogP contribution in [0.1, 0.15) is 6.42 Å². The normalized spacial score (nSPS) is 19.6. The quantitative estimate of drug-likeness (QED) is 0.833. The molecule has 0 amide bonds. The maximum absolute atomic E-state index is 10.7. The van der Waals surface area contributed by atoms with E-state index in [1.165, 1.54) is 0 Å². The number of carboxylic acids is 1. The first kappa shape index (κ1) is 12.7. The van der Waals surface area contributed by atoms with Crippen LogP contribution in [0.2, 0.25) is 0 Å². The van der Waals surface area contributed by atoms with Gasteiger partial charge >= 0.3 is 5.97 Å². The van der Waals surface area contributed by atoms with Crippen LogP contribution in [0.3, 0.4) is 0 Å². The van der Waals surface area contributed by atoms with Crippen molar-refractivity contribution in [1.82, 2.24) is 5.32 Å². The minimum absolute atomic E-state index is 0.00227. The number of anilines is 1. The van der Waals surface area contributed by atoms with E-state index < -0.39 is 5.97 Å². The molecule has 1 unspecified atom stereocenters. The van der Waals surface area contributed by atoms with Crippen molar-refractivity contribution in [3.8, 4) is 5.75 Å². The zero-order valence-corrected chi connectivity index (χ0v) is 10.4. The smallest absolute Gasteiger partial charge is 0.304 e. The molecule has 1 aliphatic rings. The Labute approximate surface area is 106 Å². The van der Waals surface area contributed by atoms with E-state index in [1.54, 1.807) is 7.11 Å². The molecule has 0 radical (unpaired) electrons. The van der Waals surface area contributed by atoms with Crippen LogP contribution in [0.4, 0.5) is 5.69 Å². The number of ether oxygens (including phenoxy) is 1. The Bertz CT molecular complexity index is 422. The van der Waals surface area contributed by atoms with Gasteiger partial charge in [-0.25, -0.2) is 0 Å². The number of aliphatic carboxylic acids is 1. The SMILES string of the molecule is COc1cccc(N2CCNC(CC(=O)O)C2)c1. The van der Waals surface area contributed by atoms with E-state index in [4.69, 9.17) is 9.84 Å². The summed E-state index contributed by atoms with van der Waals surface area (Å²) < 4.78 is 5.20. The summed E-state index contributed by atoms with van der Waals surface area (Å²) >= 11 is 0. The van der Waals surface area contributed by atoms with Crippen molar-refractivity contribution in [3.05, 3.63) is 24.3 Å². The standard InChI is InChI=1S/C13H18N2O3/c1-18-12-4-2-3-11(8-12)15-6-5-14-10(9-15)7-13(16)17/h2-4,8,10,14H,5-7,9H2,1H3,(H,16,17). The second-order valence-electron chi connectivity index (χ2n) is 4.40. The first-order valence-corrected chi connectivity index (χ1v) is 6.03. The van der Waals surface area contributed by atoms with Crippen LogP contribution >= 0.6 is 0 Å². The van der Waals surface area contributed by atoms with E-state index in [0.29, 0.717) is 6.54 Å². The third kappa shape index (κ3) is 3.13. The Morgan fingerprint density at radius 1 is 1.61 bits per heavy atom. The van der Waals surface area contributed by atoms with Gasteiger partial charge in [0.2, 0.25) is 0 Å². The topological polar surface area (TPSA) is 61.8 Å². The highest BCUT2D eigenvalue weighted by molar-refractivity contribution is 5.67. The number of hydrogen-bond donors (Lipinski definition) is 2. The summed E-state index contributed by atoms with van der Waals surface area (Å²) in [6.45, 7) is 2.39. The van der Waals surface area contributed by atoms with Crippen LogP contribution in [0.25, 0.3) is 0 Å². The number of carbonyl (C=O) groups is 1. The summed E-state index contributed by atoms with van der Waals surface area (Å²) in [6, 6.07) is 7.85. The molecule has 18 heavy (non-hydrogen) atoms. The molecule has 0 aromatic heterocycles. The highest BCUT2D eigenvalue weighted by Crippen LogP contribution is 2.22. The van der Waals surface area contributed by atoms with Gasteiger partial charge in [0.1, 0.15) is 5.75 Å². The second-order valence-corrected chi connectivity index (χ2v) is 4.40. The van der Waals surface area contributed by atoms with Gasteiger partial charge in [-0.3, -0.25) is 4.79 Å². The van der Waals surface area contributed by atoms with Gasteiger partial charge in [-0.1, -0.05) is 6.07 Å². The summed E-state index contributed by atoms with van der Waals surface area (Å²) in [4.78, 5) is 12.9. The van der Waals surface area contributed by atoms with E-state index in [-0.39, 0.29) is 12.5 Å². The van der Waals surface area contributed by atoms with Gasteiger partial charge in [0.05, 0.1) is 13.5 Å². The maximum atomic E-state index is 10.7. The molecule has 1 saturated heterocycles. The number of methoxy groups -OCH3 is 1. The minimum Gasteiger partial charge on any atom is -0.497 e. The largest absolute Gasteiger partial charge is 0.497 e. The van der Waals surface area contributed by atoms with Crippen molar-refractivity contribution in [1.29, 1.82) is 0 Å². The lowest BCUT2D eigenvalue weighted by Gasteiger charge is -2.34. The Kier molecular flexibility index (Phi) is 4.04. The van der Waals surface area contributed by atoms with E-state index >= 15 is 0 Å². The van der Waals surface area contributed by atoms with E-state index in [9.17, 15) is 4.79 Å². The molecule has 1 aromatic rings. The van der Waals surface area contributed by atoms with Crippen LogP contribution < -0.4 is 15.0 Å². The zero-order valence-electron chi connectivity index (χ0n) is 10.4. The summed E-state index contributed by atoms with van der Waals surface area (Å²) in [5.74, 6) is 0.0563. The predicted molar refractivity (Wildman–Crippen MR) is 69.3 cm³/mol. The van der Waals surface area contributed by atoms with E-state index in [1.807, 2.05) is 24.3 Å². The fourth-order valence-corrected chi connectivity index (χ4v) is 2.21. The summed E-state index contributed by atoms with van der Waals surface area (Å²) in [5, 5.41) is 12.1. The molecule has 0 bridgehead atoms. The number of nitrogens with one attached hydrogen (secondary N) is 1. The lowest BCUT2D eigenvalue weighted by Crippen LogP contribution is -2.51. The first-order valence-electron chi connectivity index (χ1n) is 6.03. The van der Waals surface area contributed by atoms with Crippen LogP contribution in [0.5, 0.6) is 5.75 Å². The maximum Gasteiger partial charge on any atom is 0.304 e. The van der Waals surface area contributed by atoms with Gasteiger partial charge in [0, 0.05) is 37.4 Å². The summed E-state index contributed by atoms with van der Waals surface area (Å²) in [6.07, 6.45) is 0.153. The second kappa shape index (κ2) is 5.73. The van der Waals surface area contributed by atoms with Gasteiger partial charge < -0.3 is 20.1 Å². The Morgan fingerprint density at radius 2 is 2.44 bits per heavy atom. The molecule has 5 heteroatoms. The summed E-state index contributed by atoms with van der Waals surface area (Å²) in [7, 11) is 1.64. The van der Waals surface area contributed by atoms with Crippen molar-refractivity contribution >= 4 is 11.7 Å². The van der Waals surface area contributed by atoms with Crippen LogP contribution in [-0.4, -0.2) is 43.9 Å². The van der Waals surface area contributed by atoms with Crippen molar-refractivity contribution < 1.29 is 14.6 Å². The molecule has 1 aromatic carbocycles. The molecule has 0 saturated carbocycles. The monoisotopic (exact) mass is 250 g/mol. The molecule has 1 aliphatic heterocycles. The van der Waals surface area contributed by atoms with Gasteiger partial charge in [-0.2, -0.15) is 0 Å². The van der Waals surface area contributed by atoms with Crippen LogP contribution in [0.15, 0.2) is 24.3 Å². The fourth-order valence-electron chi connectivity index (χ4n) is 2.21. The van der Waals surface area contributed by atoms with Crippen molar-refractivity contribution in [3.63, 3.8) is 0 Å². The average Bonchev–Trinajstić information content (AvgIpc) is 2.38. The van der Waals surface area contributed by atoms with Gasteiger partial charge in [0.15, 0.2) is 0 Å². The number of benzene rings is 1. The Hall–Kier alpha value is -1.75. The Balaban J connectivity index is 2.05. The molecule has 1 fully saturated rings. The molecule has 1 heterocycles. The van der Waals surface area contributed by atoms with Gasteiger partial charge in [0.25, 0.3) is 0 Å². The zero-order chi connectivity index (χ0) is 13.0. The molecule has 98 valence electrons. The van der Waals surface area contributed by atoms with Crippen LogP contribution in [-0.2, 0) is 4.79 Å². The van der Waals surface area contributed by atoms with Crippen molar-refractivity contribution in [2.24, 2.45) is 0 Å². The van der Waals surface area contributed by atoms with Crippen molar-refractivity contribution in [2.75, 3.05) is 31.6 Å². The van der Waals surface area contributed by atoms with Gasteiger partial charge in [-0.05, 0) is 12.1 Å². The third-order valence-corrected chi connectivity index (χ3v) is 3.09. The molecule has 5 nitrogen and oxygen atoms in total. The minimum atomic E-state index is -0.764. The van der Waals surface area contributed by atoms with Crippen molar-refractivity contribution in [2.45, 2.75) is 12.5 Å². The van der Waals surface area contributed by atoms with E-state index in [2.05, 4.69) is 10.2 Å². The number of piperazine rings is 1.